The van der Waals surface area contributed by atoms with Crippen molar-refractivity contribution in [1.82, 2.24) is 9.88 Å². The molecule has 1 aromatic heterocycles. The van der Waals surface area contributed by atoms with Gasteiger partial charge in [0.2, 0.25) is 0 Å². The fourth-order valence-corrected chi connectivity index (χ4v) is 2.82. The Bertz CT molecular complexity index is 752. The van der Waals surface area contributed by atoms with Crippen molar-refractivity contribution in [3.63, 3.8) is 0 Å². The molecule has 1 fully saturated rings. The monoisotopic (exact) mass is 277 g/mol. The molecule has 104 valence electrons. The van der Waals surface area contributed by atoms with E-state index in [9.17, 15) is 4.79 Å². The number of rotatable bonds is 2. The fourth-order valence-electron chi connectivity index (χ4n) is 2.82. The minimum absolute atomic E-state index is 0.0545. The molecule has 1 unspecified atom stereocenters. The first-order valence-corrected chi connectivity index (χ1v) is 7.10. The van der Waals surface area contributed by atoms with Crippen LogP contribution in [-0.2, 0) is 6.54 Å². The summed E-state index contributed by atoms with van der Waals surface area (Å²) < 4.78 is 0. The van der Waals surface area contributed by atoms with E-state index in [-0.39, 0.29) is 11.9 Å². The van der Waals surface area contributed by atoms with Gasteiger partial charge in [-0.05, 0) is 18.6 Å². The highest BCUT2D eigenvalue weighted by Gasteiger charge is 2.40. The molecule has 0 saturated carbocycles. The second-order valence-electron chi connectivity index (χ2n) is 5.50. The van der Waals surface area contributed by atoms with Crippen LogP contribution >= 0.6 is 0 Å². The van der Waals surface area contributed by atoms with Crippen molar-refractivity contribution in [2.75, 3.05) is 6.54 Å². The molecular weight excluding hydrogens is 262 g/mol. The summed E-state index contributed by atoms with van der Waals surface area (Å²) in [7, 11) is 0. The molecule has 3 heterocycles. The number of fused-ring (bicyclic) bond motifs is 1. The van der Waals surface area contributed by atoms with Crippen LogP contribution in [0.15, 0.2) is 47.6 Å². The maximum Gasteiger partial charge on any atom is 0.256 e. The van der Waals surface area contributed by atoms with Gasteiger partial charge in [-0.15, -0.1) is 0 Å². The number of aromatic nitrogens is 1. The summed E-state index contributed by atoms with van der Waals surface area (Å²) in [5, 5.41) is 0. The predicted octanol–water partition coefficient (Wildman–Crippen LogP) is 2.60. The lowest BCUT2D eigenvalue weighted by atomic mass is 10.1. The Morgan fingerprint density at radius 2 is 2.10 bits per heavy atom. The summed E-state index contributed by atoms with van der Waals surface area (Å²) in [6.07, 6.45) is 1.68. The van der Waals surface area contributed by atoms with E-state index in [0.717, 1.165) is 23.5 Å². The minimum atomic E-state index is 0.0545. The van der Waals surface area contributed by atoms with Gasteiger partial charge in [0, 0.05) is 24.0 Å². The molecule has 21 heavy (non-hydrogen) atoms. The Labute approximate surface area is 123 Å². The number of pyridine rings is 1. The van der Waals surface area contributed by atoms with E-state index < -0.39 is 0 Å². The Balaban J connectivity index is 1.57. The number of aliphatic imine (C=N–C) groups is 1. The van der Waals surface area contributed by atoms with Crippen LogP contribution < -0.4 is 0 Å². The average Bonchev–Trinajstić information content (AvgIpc) is 3.25. The lowest BCUT2D eigenvalue weighted by Gasteiger charge is -2.06. The number of carbonyl (C=O) groups excluding carboxylic acids is 1. The van der Waals surface area contributed by atoms with E-state index in [1.807, 2.05) is 36.1 Å². The van der Waals surface area contributed by atoms with Crippen LogP contribution in [0.5, 0.6) is 0 Å². The Morgan fingerprint density at radius 3 is 2.90 bits per heavy atom. The molecule has 1 amide bonds. The topological polar surface area (TPSA) is 45.3 Å². The highest BCUT2D eigenvalue weighted by Crippen LogP contribution is 2.36. The van der Waals surface area contributed by atoms with E-state index >= 15 is 0 Å². The zero-order valence-electron chi connectivity index (χ0n) is 11.8. The molecular formula is C17H15N3O. The third-order valence-corrected chi connectivity index (χ3v) is 4.13. The SMILES string of the molecule is CC1=NCc2ncc(C(=O)N3CC3c3ccccc3)cc21. The van der Waals surface area contributed by atoms with E-state index in [1.54, 1.807) is 6.20 Å². The molecule has 4 heteroatoms. The number of nitrogens with zero attached hydrogens (tertiary/aromatic N) is 3. The van der Waals surface area contributed by atoms with Gasteiger partial charge in [0.05, 0.1) is 23.8 Å². The summed E-state index contributed by atoms with van der Waals surface area (Å²) in [4.78, 5) is 23.2. The Morgan fingerprint density at radius 1 is 1.29 bits per heavy atom. The lowest BCUT2D eigenvalue weighted by Crippen LogP contribution is -2.13. The zero-order chi connectivity index (χ0) is 14.4. The third kappa shape index (κ3) is 2.03. The van der Waals surface area contributed by atoms with E-state index in [0.29, 0.717) is 12.1 Å². The van der Waals surface area contributed by atoms with Gasteiger partial charge in [0.25, 0.3) is 5.91 Å². The Kier molecular flexibility index (Phi) is 2.64. The molecule has 2 aromatic rings. The normalized spacial score (nSPS) is 19.2. The summed E-state index contributed by atoms with van der Waals surface area (Å²) in [5.41, 5.74) is 4.80. The van der Waals surface area contributed by atoms with Crippen molar-refractivity contribution in [2.45, 2.75) is 19.5 Å². The molecule has 0 aliphatic carbocycles. The molecule has 1 atom stereocenters. The number of hydrogen-bond acceptors (Lipinski definition) is 3. The van der Waals surface area contributed by atoms with Crippen molar-refractivity contribution in [3.8, 4) is 0 Å². The van der Waals surface area contributed by atoms with Gasteiger partial charge < -0.3 is 4.90 Å². The number of hydrogen-bond donors (Lipinski definition) is 0. The van der Waals surface area contributed by atoms with Crippen LogP contribution in [0, 0.1) is 0 Å². The number of amides is 1. The van der Waals surface area contributed by atoms with Crippen LogP contribution in [0.3, 0.4) is 0 Å². The largest absolute Gasteiger partial charge is 0.327 e. The molecule has 1 saturated heterocycles. The van der Waals surface area contributed by atoms with E-state index in [1.165, 1.54) is 5.56 Å². The highest BCUT2D eigenvalue weighted by molar-refractivity contribution is 6.04. The van der Waals surface area contributed by atoms with Crippen molar-refractivity contribution in [3.05, 3.63) is 65.0 Å². The summed E-state index contributed by atoms with van der Waals surface area (Å²) in [6.45, 7) is 3.38. The number of benzene rings is 1. The molecule has 4 rings (SSSR count). The van der Waals surface area contributed by atoms with Gasteiger partial charge in [0.15, 0.2) is 0 Å². The lowest BCUT2D eigenvalue weighted by molar-refractivity contribution is 0.0873. The van der Waals surface area contributed by atoms with Crippen LogP contribution in [0.4, 0.5) is 0 Å². The third-order valence-electron chi connectivity index (χ3n) is 4.13. The van der Waals surface area contributed by atoms with Crippen LogP contribution in [0.2, 0.25) is 0 Å². The van der Waals surface area contributed by atoms with Crippen LogP contribution in [0.25, 0.3) is 0 Å². The quantitative estimate of drug-likeness (QED) is 0.792. The van der Waals surface area contributed by atoms with E-state index in [4.69, 9.17) is 0 Å². The van der Waals surface area contributed by atoms with Crippen molar-refractivity contribution in [2.24, 2.45) is 4.99 Å². The maximum absolute atomic E-state index is 12.5. The molecule has 0 N–H and O–H groups in total. The van der Waals surface area contributed by atoms with Gasteiger partial charge >= 0.3 is 0 Å². The first-order chi connectivity index (χ1) is 10.2. The highest BCUT2D eigenvalue weighted by atomic mass is 16.2. The summed E-state index contributed by atoms with van der Waals surface area (Å²) in [6, 6.07) is 12.3. The molecule has 2 aliphatic heterocycles. The minimum Gasteiger partial charge on any atom is -0.327 e. The molecule has 2 aliphatic rings. The zero-order valence-corrected chi connectivity index (χ0v) is 11.8. The van der Waals surface area contributed by atoms with Crippen LogP contribution in [0.1, 0.15) is 40.1 Å². The van der Waals surface area contributed by atoms with Crippen molar-refractivity contribution >= 4 is 11.6 Å². The van der Waals surface area contributed by atoms with Gasteiger partial charge in [-0.1, -0.05) is 30.3 Å². The molecule has 0 spiro atoms. The van der Waals surface area contributed by atoms with Gasteiger partial charge in [-0.2, -0.15) is 0 Å². The second-order valence-corrected chi connectivity index (χ2v) is 5.50. The first-order valence-electron chi connectivity index (χ1n) is 7.10. The molecule has 0 bridgehead atoms. The van der Waals surface area contributed by atoms with Gasteiger partial charge in [-0.25, -0.2) is 0 Å². The predicted molar refractivity (Wildman–Crippen MR) is 80.4 cm³/mol. The number of carbonyl (C=O) groups is 1. The summed E-state index contributed by atoms with van der Waals surface area (Å²) >= 11 is 0. The van der Waals surface area contributed by atoms with Gasteiger partial charge in [0.1, 0.15) is 0 Å². The van der Waals surface area contributed by atoms with Crippen LogP contribution in [-0.4, -0.2) is 28.0 Å². The summed E-state index contributed by atoms with van der Waals surface area (Å²) in [5.74, 6) is 0.0545. The molecule has 0 radical (unpaired) electrons. The standard InChI is InChI=1S/C17H15N3O/c1-11-14-7-13(8-19-15(14)9-18-11)17(21)20-10-16(20)12-5-3-2-4-6-12/h2-8,16H,9-10H2,1H3. The Hall–Kier alpha value is -2.49. The second kappa shape index (κ2) is 4.52. The fraction of sp³-hybridized carbons (Fsp3) is 0.235. The molecule has 4 nitrogen and oxygen atoms in total. The van der Waals surface area contributed by atoms with Gasteiger partial charge in [-0.3, -0.25) is 14.8 Å². The maximum atomic E-state index is 12.5. The smallest absolute Gasteiger partial charge is 0.256 e. The first kappa shape index (κ1) is 12.3. The van der Waals surface area contributed by atoms with Crippen molar-refractivity contribution in [1.29, 1.82) is 0 Å². The average molecular weight is 277 g/mol. The van der Waals surface area contributed by atoms with E-state index in [2.05, 4.69) is 22.1 Å². The molecule has 1 aromatic carbocycles. The van der Waals surface area contributed by atoms with Crippen molar-refractivity contribution < 1.29 is 4.79 Å².